The van der Waals surface area contributed by atoms with Gasteiger partial charge in [0.25, 0.3) is 0 Å². The summed E-state index contributed by atoms with van der Waals surface area (Å²) in [6.07, 6.45) is 22.1. The quantitative estimate of drug-likeness (QED) is 0.252. The largest absolute Gasteiger partial charge is 0.376 e. The number of hydrogen-bond acceptors (Lipinski definition) is 1. The Morgan fingerprint density at radius 1 is 0.769 bits per heavy atom. The third-order valence-corrected chi connectivity index (χ3v) is 7.01. The summed E-state index contributed by atoms with van der Waals surface area (Å²) < 4.78 is 7.41. The Labute approximate surface area is 163 Å². The lowest BCUT2D eigenvalue weighted by Gasteiger charge is -2.41. The Morgan fingerprint density at radius 3 is 2.00 bits per heavy atom. The number of allylic oxidation sites excluding steroid dienone is 1. The molecule has 0 amide bonds. The fourth-order valence-corrected chi connectivity index (χ4v) is 5.30. The van der Waals surface area contributed by atoms with Gasteiger partial charge in [-0.15, -0.1) is 6.58 Å². The molecule has 1 saturated heterocycles. The molecule has 2 heteroatoms. The van der Waals surface area contributed by atoms with Crippen molar-refractivity contribution in [3.05, 3.63) is 25.3 Å². The van der Waals surface area contributed by atoms with Gasteiger partial charge < -0.3 is 9.22 Å². The number of piperidine rings is 1. The van der Waals surface area contributed by atoms with Crippen molar-refractivity contribution in [1.29, 1.82) is 0 Å². The zero-order chi connectivity index (χ0) is 18.6. The molecule has 2 aliphatic rings. The summed E-state index contributed by atoms with van der Waals surface area (Å²) in [5, 5.41) is 0. The van der Waals surface area contributed by atoms with Crippen molar-refractivity contribution >= 4 is 0 Å². The molecule has 1 aliphatic carbocycles. The maximum atomic E-state index is 6.20. The topological polar surface area (TPSA) is 9.23 Å². The van der Waals surface area contributed by atoms with Crippen LogP contribution in [0.2, 0.25) is 0 Å². The monoisotopic (exact) mass is 362 g/mol. The minimum atomic E-state index is 0.463. The average Bonchev–Trinajstić information content (AvgIpc) is 2.76. The van der Waals surface area contributed by atoms with Crippen molar-refractivity contribution in [1.82, 2.24) is 0 Å². The lowest BCUT2D eigenvalue weighted by atomic mass is 9.73. The van der Waals surface area contributed by atoms with Crippen LogP contribution >= 0.6 is 0 Å². The third kappa shape index (κ3) is 7.19. The van der Waals surface area contributed by atoms with Crippen LogP contribution in [-0.4, -0.2) is 43.9 Å². The van der Waals surface area contributed by atoms with E-state index in [4.69, 9.17) is 4.74 Å². The van der Waals surface area contributed by atoms with Crippen LogP contribution in [0.1, 0.15) is 83.5 Å². The van der Waals surface area contributed by atoms with E-state index in [0.717, 1.165) is 19.8 Å². The number of ether oxygens (including phenoxy) is 1. The van der Waals surface area contributed by atoms with Crippen LogP contribution < -0.4 is 0 Å². The van der Waals surface area contributed by atoms with E-state index in [1.807, 2.05) is 0 Å². The Morgan fingerprint density at radius 2 is 1.38 bits per heavy atom. The molecule has 150 valence electrons. The zero-order valence-electron chi connectivity index (χ0n) is 17.4. The number of hydrogen-bond donors (Lipinski definition) is 0. The maximum Gasteiger partial charge on any atom is 0.103 e. The van der Waals surface area contributed by atoms with Gasteiger partial charge in [0.05, 0.1) is 26.2 Å². The second-order valence-corrected chi connectivity index (χ2v) is 9.02. The molecule has 0 aromatic heterocycles. The molecule has 0 aromatic carbocycles. The fraction of sp³-hybridized carbons (Fsp3) is 0.833. The van der Waals surface area contributed by atoms with Gasteiger partial charge in [0, 0.05) is 6.61 Å². The van der Waals surface area contributed by atoms with Crippen molar-refractivity contribution in [3.8, 4) is 0 Å². The van der Waals surface area contributed by atoms with E-state index >= 15 is 0 Å². The highest BCUT2D eigenvalue weighted by Gasteiger charge is 2.30. The third-order valence-electron chi connectivity index (χ3n) is 7.01. The normalized spacial score (nSPS) is 23.4. The minimum absolute atomic E-state index is 0.463. The van der Waals surface area contributed by atoms with Gasteiger partial charge in [-0.3, -0.25) is 0 Å². The molecule has 2 fully saturated rings. The number of likely N-dealkylation sites (tertiary alicyclic amines) is 1. The van der Waals surface area contributed by atoms with E-state index in [1.165, 1.54) is 108 Å². The molecule has 1 aliphatic heterocycles. The number of nitrogens with zero attached hydrogens (tertiary/aromatic N) is 1. The molecule has 0 aromatic rings. The van der Waals surface area contributed by atoms with Gasteiger partial charge in [0.15, 0.2) is 0 Å². The van der Waals surface area contributed by atoms with Crippen molar-refractivity contribution in [2.45, 2.75) is 83.5 Å². The lowest BCUT2D eigenvalue weighted by molar-refractivity contribution is -0.927. The van der Waals surface area contributed by atoms with Gasteiger partial charge in [-0.05, 0) is 56.4 Å². The molecule has 2 nitrogen and oxygen atoms in total. The van der Waals surface area contributed by atoms with Gasteiger partial charge >= 0.3 is 0 Å². The zero-order valence-corrected chi connectivity index (χ0v) is 17.4. The molecule has 0 spiro atoms. The molecule has 0 unspecified atom stereocenters. The van der Waals surface area contributed by atoms with Crippen molar-refractivity contribution in [3.63, 3.8) is 0 Å². The van der Waals surface area contributed by atoms with Gasteiger partial charge in [-0.25, -0.2) is 0 Å². The van der Waals surface area contributed by atoms with Crippen LogP contribution in [0.25, 0.3) is 0 Å². The van der Waals surface area contributed by atoms with Crippen molar-refractivity contribution in [2.75, 3.05) is 39.4 Å². The minimum Gasteiger partial charge on any atom is -0.376 e. The van der Waals surface area contributed by atoms with Gasteiger partial charge in [-0.2, -0.15) is 0 Å². The Bertz CT molecular complexity index is 387. The number of quaternary nitrogens is 1. The first-order chi connectivity index (χ1) is 12.7. The van der Waals surface area contributed by atoms with E-state index in [-0.39, 0.29) is 0 Å². The highest BCUT2D eigenvalue weighted by molar-refractivity contribution is 4.87. The number of rotatable bonds is 10. The Balaban J connectivity index is 1.77. The fourth-order valence-electron chi connectivity index (χ4n) is 5.30. The van der Waals surface area contributed by atoms with Gasteiger partial charge in [-0.1, -0.05) is 51.2 Å². The summed E-state index contributed by atoms with van der Waals surface area (Å²) in [5.41, 5.74) is 0.463. The molecule has 0 N–H and O–H groups in total. The van der Waals surface area contributed by atoms with E-state index in [1.54, 1.807) is 0 Å². The van der Waals surface area contributed by atoms with Crippen LogP contribution in [0.15, 0.2) is 25.3 Å². The highest BCUT2D eigenvalue weighted by Crippen LogP contribution is 2.40. The smallest absolute Gasteiger partial charge is 0.103 e. The van der Waals surface area contributed by atoms with E-state index < -0.39 is 0 Å². The Kier molecular flexibility index (Phi) is 9.99. The molecule has 1 heterocycles. The first-order valence-electron chi connectivity index (χ1n) is 11.4. The molecule has 1 saturated carbocycles. The van der Waals surface area contributed by atoms with Crippen LogP contribution in [0.3, 0.4) is 0 Å². The molecule has 26 heavy (non-hydrogen) atoms. The summed E-state index contributed by atoms with van der Waals surface area (Å²) in [7, 11) is 0. The molecular formula is C24H44NO+. The van der Waals surface area contributed by atoms with Gasteiger partial charge in [0.2, 0.25) is 0 Å². The first-order valence-corrected chi connectivity index (χ1v) is 11.4. The molecule has 0 bridgehead atoms. The molecular weight excluding hydrogens is 318 g/mol. The maximum absolute atomic E-state index is 6.20. The van der Waals surface area contributed by atoms with E-state index in [0.29, 0.717) is 5.41 Å². The highest BCUT2D eigenvalue weighted by atomic mass is 16.5. The van der Waals surface area contributed by atoms with E-state index in [9.17, 15) is 0 Å². The second kappa shape index (κ2) is 12.0. The molecule has 0 radical (unpaired) electrons. The summed E-state index contributed by atoms with van der Waals surface area (Å²) in [6, 6.07) is 0. The SMILES string of the molecule is C=CCC1(CCOCC[N+]2(CC=C)CCCCC2)CCCCCCCC1. The Hall–Kier alpha value is -0.600. The second-order valence-electron chi connectivity index (χ2n) is 9.02. The first kappa shape index (κ1) is 21.7. The molecule has 2 rings (SSSR count). The predicted octanol–water partition coefficient (Wildman–Crippen LogP) is 6.28. The van der Waals surface area contributed by atoms with Crippen LogP contribution in [0.4, 0.5) is 0 Å². The standard InChI is InChI=1S/C24H44NO/c1-3-14-24(15-10-7-5-6-8-11-16-24)17-22-26-23-21-25(18-4-2)19-12-9-13-20-25/h3-4H,1-2,5-23H2/q+1. The van der Waals surface area contributed by atoms with Crippen LogP contribution in [0.5, 0.6) is 0 Å². The summed E-state index contributed by atoms with van der Waals surface area (Å²) in [5.74, 6) is 0. The molecule has 0 atom stereocenters. The van der Waals surface area contributed by atoms with Crippen molar-refractivity contribution < 1.29 is 9.22 Å². The van der Waals surface area contributed by atoms with Crippen molar-refractivity contribution in [2.24, 2.45) is 5.41 Å². The summed E-state index contributed by atoms with van der Waals surface area (Å²) in [6.45, 7) is 14.8. The van der Waals surface area contributed by atoms with Crippen LogP contribution in [0, 0.1) is 5.41 Å². The lowest BCUT2D eigenvalue weighted by Crippen LogP contribution is -2.53. The summed E-state index contributed by atoms with van der Waals surface area (Å²) >= 11 is 0. The average molecular weight is 363 g/mol. The van der Waals surface area contributed by atoms with Gasteiger partial charge in [0.1, 0.15) is 6.54 Å². The van der Waals surface area contributed by atoms with Crippen LogP contribution in [-0.2, 0) is 4.74 Å². The summed E-state index contributed by atoms with van der Waals surface area (Å²) in [4.78, 5) is 0. The van der Waals surface area contributed by atoms with E-state index in [2.05, 4.69) is 25.3 Å². The predicted molar refractivity (Wildman–Crippen MR) is 113 cm³/mol.